The standard InChI is InChI=1S/C22H21N5O2/c1-22(2)11-15-18(16(28)12-22)19(14-8-5-6-10-23-14)26-20(24-15)27-21-25-13-7-3-4-9-17(13)29-21/h3-11,18-19H,12H2,1-2H3,(H2,24,25,26,27)/p+1/t18-,19-/m1/s1. The van der Waals surface area contributed by atoms with E-state index in [0.29, 0.717) is 24.0 Å². The summed E-state index contributed by atoms with van der Waals surface area (Å²) in [5.41, 5.74) is 2.97. The molecule has 0 saturated carbocycles. The molecule has 3 N–H and O–H groups in total. The number of nitrogens with zero attached hydrogens (tertiary/aromatic N) is 2. The highest BCUT2D eigenvalue weighted by Gasteiger charge is 2.45. The van der Waals surface area contributed by atoms with Crippen molar-refractivity contribution in [2.75, 3.05) is 5.32 Å². The van der Waals surface area contributed by atoms with Gasteiger partial charge >= 0.3 is 12.0 Å². The zero-order chi connectivity index (χ0) is 20.0. The fraction of sp³-hybridized carbons (Fsp3) is 0.273. The van der Waals surface area contributed by atoms with Crippen molar-refractivity contribution in [3.05, 3.63) is 66.1 Å². The highest BCUT2D eigenvalue weighted by Crippen LogP contribution is 2.38. The number of carbonyl (C=O) groups is 1. The topological polar surface area (TPSA) is 94.0 Å². The van der Waals surface area contributed by atoms with Gasteiger partial charge < -0.3 is 4.42 Å². The van der Waals surface area contributed by atoms with Gasteiger partial charge in [0.1, 0.15) is 23.3 Å². The van der Waals surface area contributed by atoms with Crippen molar-refractivity contribution in [3.8, 4) is 0 Å². The van der Waals surface area contributed by atoms with Crippen molar-refractivity contribution >= 4 is 28.9 Å². The second kappa shape index (κ2) is 6.55. The van der Waals surface area contributed by atoms with Crippen LogP contribution in [0.5, 0.6) is 0 Å². The molecule has 0 fully saturated rings. The van der Waals surface area contributed by atoms with Gasteiger partial charge in [0.2, 0.25) is 0 Å². The van der Waals surface area contributed by atoms with Crippen molar-refractivity contribution in [1.29, 1.82) is 0 Å². The van der Waals surface area contributed by atoms with Crippen LogP contribution in [0.4, 0.5) is 6.01 Å². The number of guanidine groups is 1. The van der Waals surface area contributed by atoms with Crippen molar-refractivity contribution in [1.82, 2.24) is 15.3 Å². The third kappa shape index (κ3) is 3.29. The summed E-state index contributed by atoms with van der Waals surface area (Å²) >= 11 is 0. The van der Waals surface area contributed by atoms with Gasteiger partial charge in [-0.1, -0.05) is 32.0 Å². The summed E-state index contributed by atoms with van der Waals surface area (Å²) in [5.74, 6) is 0.497. The third-order valence-corrected chi connectivity index (χ3v) is 5.29. The molecular formula is C22H22N5O2+. The zero-order valence-corrected chi connectivity index (χ0v) is 16.3. The minimum atomic E-state index is -0.313. The van der Waals surface area contributed by atoms with E-state index in [0.717, 1.165) is 16.9 Å². The second-order valence-corrected chi connectivity index (χ2v) is 8.20. The molecule has 0 amide bonds. The number of carbonyl (C=O) groups excluding carboxylic acids is 1. The molecule has 0 unspecified atom stereocenters. The molecule has 1 aromatic carbocycles. The van der Waals surface area contributed by atoms with Crippen LogP contribution in [0.3, 0.4) is 0 Å². The van der Waals surface area contributed by atoms with Crippen LogP contribution >= 0.6 is 0 Å². The summed E-state index contributed by atoms with van der Waals surface area (Å²) < 4.78 is 5.78. The first kappa shape index (κ1) is 17.6. The van der Waals surface area contributed by atoms with Crippen LogP contribution in [0.15, 0.2) is 64.9 Å². The number of oxazole rings is 1. The van der Waals surface area contributed by atoms with Gasteiger partial charge in [-0.05, 0) is 35.8 Å². The Kier molecular flexibility index (Phi) is 3.97. The largest absolute Gasteiger partial charge is 0.412 e. The Morgan fingerprint density at radius 3 is 2.83 bits per heavy atom. The van der Waals surface area contributed by atoms with Crippen molar-refractivity contribution in [2.24, 2.45) is 11.3 Å². The van der Waals surface area contributed by atoms with Gasteiger partial charge in [-0.2, -0.15) is 10.3 Å². The lowest BCUT2D eigenvalue weighted by Crippen LogP contribution is -2.84. The second-order valence-electron chi connectivity index (χ2n) is 8.20. The Labute approximate surface area is 168 Å². The molecule has 1 aliphatic carbocycles. The number of pyridine rings is 1. The maximum Gasteiger partial charge on any atom is 0.365 e. The summed E-state index contributed by atoms with van der Waals surface area (Å²) in [6.07, 6.45) is 4.39. The minimum absolute atomic E-state index is 0.198. The van der Waals surface area contributed by atoms with Crippen LogP contribution < -0.4 is 15.6 Å². The summed E-state index contributed by atoms with van der Waals surface area (Å²) in [6.45, 7) is 4.14. The molecule has 7 nitrogen and oxygen atoms in total. The maximum absolute atomic E-state index is 13.0. The number of fused-ring (bicyclic) bond motifs is 2. The quantitative estimate of drug-likeness (QED) is 0.621. The lowest BCUT2D eigenvalue weighted by molar-refractivity contribution is -0.523. The molecule has 146 valence electrons. The van der Waals surface area contributed by atoms with Gasteiger partial charge in [-0.25, -0.2) is 5.32 Å². The van der Waals surface area contributed by atoms with Crippen LogP contribution in [-0.4, -0.2) is 21.7 Å². The van der Waals surface area contributed by atoms with Gasteiger partial charge in [-0.15, -0.1) is 0 Å². The smallest absolute Gasteiger partial charge is 0.365 e. The van der Waals surface area contributed by atoms with Gasteiger partial charge in [0.25, 0.3) is 0 Å². The van der Waals surface area contributed by atoms with Crippen molar-refractivity contribution < 1.29 is 14.2 Å². The number of aromatic nitrogens is 2. The first-order valence-corrected chi connectivity index (χ1v) is 9.68. The molecule has 0 spiro atoms. The fourth-order valence-corrected chi connectivity index (χ4v) is 4.10. The molecule has 3 heterocycles. The summed E-state index contributed by atoms with van der Waals surface area (Å²) in [7, 11) is 0. The molecule has 5 rings (SSSR count). The predicted molar refractivity (Wildman–Crippen MR) is 109 cm³/mol. The molecule has 1 aliphatic heterocycles. The highest BCUT2D eigenvalue weighted by atomic mass is 16.4. The molecule has 7 heteroatoms. The van der Waals surface area contributed by atoms with E-state index < -0.39 is 0 Å². The van der Waals surface area contributed by atoms with Crippen LogP contribution in [0, 0.1) is 11.3 Å². The van der Waals surface area contributed by atoms with Crippen LogP contribution in [-0.2, 0) is 4.79 Å². The van der Waals surface area contributed by atoms with Crippen LogP contribution in [0.25, 0.3) is 11.1 Å². The molecule has 2 aromatic heterocycles. The van der Waals surface area contributed by atoms with E-state index >= 15 is 0 Å². The minimum Gasteiger partial charge on any atom is -0.412 e. The lowest BCUT2D eigenvalue weighted by Gasteiger charge is -2.35. The third-order valence-electron chi connectivity index (χ3n) is 5.29. The van der Waals surface area contributed by atoms with Crippen molar-refractivity contribution in [3.63, 3.8) is 0 Å². The van der Waals surface area contributed by atoms with E-state index in [9.17, 15) is 4.79 Å². The molecule has 29 heavy (non-hydrogen) atoms. The Bertz CT molecular complexity index is 1110. The van der Waals surface area contributed by atoms with E-state index in [1.807, 2.05) is 42.5 Å². The number of Topliss-reactive ketones (excluding diaryl/α,β-unsaturated/α-hetero) is 1. The number of hydrogen-bond acceptors (Lipinski definition) is 6. The predicted octanol–water partition coefficient (Wildman–Crippen LogP) is 1.91. The van der Waals surface area contributed by atoms with Crippen molar-refractivity contribution in [2.45, 2.75) is 26.3 Å². The maximum atomic E-state index is 13.0. The number of allylic oxidation sites excluding steroid dienone is 1. The average Bonchev–Trinajstić information content (AvgIpc) is 3.09. The van der Waals surface area contributed by atoms with Gasteiger partial charge in [-0.3, -0.25) is 14.8 Å². The van der Waals surface area contributed by atoms with Crippen LogP contribution in [0.1, 0.15) is 32.0 Å². The number of para-hydroxylation sites is 2. The first-order chi connectivity index (χ1) is 14.0. The van der Waals surface area contributed by atoms with E-state index in [1.54, 1.807) is 6.20 Å². The Morgan fingerprint density at radius 1 is 1.21 bits per heavy atom. The zero-order valence-electron chi connectivity index (χ0n) is 16.3. The number of hydrogen-bond donors (Lipinski definition) is 3. The van der Waals surface area contributed by atoms with Gasteiger partial charge in [0.05, 0.1) is 11.4 Å². The normalized spacial score (nSPS) is 23.0. The molecule has 0 saturated heterocycles. The SMILES string of the molecule is CC1(C)C=C2NC(Nc3nc4ccccc4o3)=[NH+][C@H](c3ccccn3)[C@H]2C(=O)C1. The average molecular weight is 388 g/mol. The number of benzene rings is 1. The summed E-state index contributed by atoms with van der Waals surface area (Å²) in [6, 6.07) is 13.4. The molecule has 0 radical (unpaired) electrons. The monoisotopic (exact) mass is 388 g/mol. The number of ketones is 1. The highest BCUT2D eigenvalue weighted by molar-refractivity contribution is 5.94. The van der Waals surface area contributed by atoms with Crippen LogP contribution in [0.2, 0.25) is 0 Å². The van der Waals surface area contributed by atoms with E-state index in [1.165, 1.54) is 0 Å². The molecule has 2 atom stereocenters. The fourth-order valence-electron chi connectivity index (χ4n) is 4.10. The molecule has 3 aromatic rings. The Hall–Kier alpha value is -3.48. The summed E-state index contributed by atoms with van der Waals surface area (Å²) in [4.78, 5) is 25.4. The number of rotatable bonds is 2. The molecular weight excluding hydrogens is 366 g/mol. The Morgan fingerprint density at radius 2 is 2.03 bits per heavy atom. The lowest BCUT2D eigenvalue weighted by atomic mass is 9.73. The number of nitrogens with one attached hydrogen (secondary N) is 3. The van der Waals surface area contributed by atoms with Gasteiger partial charge in [0.15, 0.2) is 5.58 Å². The number of anilines is 1. The van der Waals surface area contributed by atoms with E-state index in [4.69, 9.17) is 4.42 Å². The van der Waals surface area contributed by atoms with E-state index in [2.05, 4.69) is 45.5 Å². The molecule has 2 aliphatic rings. The van der Waals surface area contributed by atoms with E-state index in [-0.39, 0.29) is 23.2 Å². The Balaban J connectivity index is 1.55. The van der Waals surface area contributed by atoms with Gasteiger partial charge in [0, 0.05) is 12.6 Å². The first-order valence-electron chi connectivity index (χ1n) is 9.68. The molecule has 0 bridgehead atoms. The summed E-state index contributed by atoms with van der Waals surface area (Å²) in [5, 5.41) is 6.52.